The molecule has 3 nitrogen and oxygen atoms in total. The molecule has 1 N–H and O–H groups in total. The quantitative estimate of drug-likeness (QED) is 0.916. The second-order valence-corrected chi connectivity index (χ2v) is 6.97. The largest absolute Gasteiger partial charge is 0.314 e. The molecule has 2 fully saturated rings. The van der Waals surface area contributed by atoms with Crippen molar-refractivity contribution in [2.75, 3.05) is 26.2 Å². The minimum Gasteiger partial charge on any atom is -0.314 e. The standard InChI is InChI=1S/C18H29N3.ClH/c1-15-4-2-5-16(12-15)7-10-21-11-9-20-14-18(21)17-6-3-8-19-13-17;/h3,6,8,13,15-16,18,20H,2,4-5,7,9-12,14H2,1H3;1H. The van der Waals surface area contributed by atoms with Gasteiger partial charge in [0.15, 0.2) is 0 Å². The van der Waals surface area contributed by atoms with Crippen molar-refractivity contribution in [2.24, 2.45) is 11.8 Å². The van der Waals surface area contributed by atoms with Crippen LogP contribution >= 0.6 is 12.4 Å². The van der Waals surface area contributed by atoms with E-state index >= 15 is 0 Å². The number of hydrogen-bond acceptors (Lipinski definition) is 3. The van der Waals surface area contributed by atoms with Crippen LogP contribution in [0.3, 0.4) is 0 Å². The summed E-state index contributed by atoms with van der Waals surface area (Å²) in [5.41, 5.74) is 1.36. The van der Waals surface area contributed by atoms with Gasteiger partial charge in [0.2, 0.25) is 0 Å². The predicted octanol–water partition coefficient (Wildman–Crippen LogP) is 3.67. The molecular formula is C18H30ClN3. The normalized spacial score (nSPS) is 29.8. The molecule has 0 bridgehead atoms. The van der Waals surface area contributed by atoms with Gasteiger partial charge in [-0.25, -0.2) is 0 Å². The zero-order chi connectivity index (χ0) is 14.5. The Morgan fingerprint density at radius 1 is 1.36 bits per heavy atom. The Morgan fingerprint density at radius 3 is 3.05 bits per heavy atom. The highest BCUT2D eigenvalue weighted by molar-refractivity contribution is 5.85. The number of nitrogens with zero attached hydrogens (tertiary/aromatic N) is 2. The summed E-state index contributed by atoms with van der Waals surface area (Å²) in [6, 6.07) is 4.79. The zero-order valence-corrected chi connectivity index (χ0v) is 14.5. The molecule has 3 rings (SSSR count). The Labute approximate surface area is 141 Å². The molecule has 1 saturated carbocycles. The van der Waals surface area contributed by atoms with Gasteiger partial charge in [0.1, 0.15) is 0 Å². The number of piperazine rings is 1. The third-order valence-electron chi connectivity index (χ3n) is 5.29. The SMILES string of the molecule is CC1CCCC(CCN2CCNCC2c2cccnc2)C1.Cl. The van der Waals surface area contributed by atoms with Crippen LogP contribution in [0.4, 0.5) is 0 Å². The highest BCUT2D eigenvalue weighted by Crippen LogP contribution is 2.31. The molecule has 0 radical (unpaired) electrons. The molecule has 124 valence electrons. The Hall–Kier alpha value is -0.640. The summed E-state index contributed by atoms with van der Waals surface area (Å²) in [5.74, 6) is 1.90. The van der Waals surface area contributed by atoms with Crippen molar-refractivity contribution in [3.8, 4) is 0 Å². The van der Waals surface area contributed by atoms with Crippen molar-refractivity contribution in [1.82, 2.24) is 15.2 Å². The zero-order valence-electron chi connectivity index (χ0n) is 13.7. The van der Waals surface area contributed by atoms with Gasteiger partial charge in [-0.1, -0.05) is 32.3 Å². The summed E-state index contributed by atoms with van der Waals surface area (Å²) in [6.07, 6.45) is 11.1. The van der Waals surface area contributed by atoms with Gasteiger partial charge in [-0.2, -0.15) is 0 Å². The smallest absolute Gasteiger partial charge is 0.0488 e. The molecular weight excluding hydrogens is 294 g/mol. The third-order valence-corrected chi connectivity index (χ3v) is 5.29. The molecule has 3 atom stereocenters. The second-order valence-electron chi connectivity index (χ2n) is 6.97. The lowest BCUT2D eigenvalue weighted by atomic mass is 9.80. The van der Waals surface area contributed by atoms with Gasteiger partial charge in [0.25, 0.3) is 0 Å². The van der Waals surface area contributed by atoms with Crippen LogP contribution in [-0.4, -0.2) is 36.1 Å². The van der Waals surface area contributed by atoms with Crippen LogP contribution in [0, 0.1) is 11.8 Å². The molecule has 4 heteroatoms. The highest BCUT2D eigenvalue weighted by atomic mass is 35.5. The molecule has 1 saturated heterocycles. The van der Waals surface area contributed by atoms with Crippen LogP contribution in [0.25, 0.3) is 0 Å². The van der Waals surface area contributed by atoms with Gasteiger partial charge in [-0.05, 0) is 42.9 Å². The van der Waals surface area contributed by atoms with Crippen LogP contribution < -0.4 is 5.32 Å². The van der Waals surface area contributed by atoms with E-state index in [-0.39, 0.29) is 12.4 Å². The second kappa shape index (κ2) is 8.85. The van der Waals surface area contributed by atoms with E-state index in [9.17, 15) is 0 Å². The summed E-state index contributed by atoms with van der Waals surface area (Å²) in [5, 5.41) is 3.54. The monoisotopic (exact) mass is 323 g/mol. The average Bonchev–Trinajstić information content (AvgIpc) is 2.54. The van der Waals surface area contributed by atoms with Gasteiger partial charge >= 0.3 is 0 Å². The lowest BCUT2D eigenvalue weighted by molar-refractivity contribution is 0.140. The third kappa shape index (κ3) is 4.68. The van der Waals surface area contributed by atoms with E-state index in [1.165, 1.54) is 50.8 Å². The fourth-order valence-electron chi connectivity index (χ4n) is 4.09. The minimum absolute atomic E-state index is 0. The molecule has 1 aliphatic carbocycles. The molecule has 1 aromatic rings. The molecule has 2 heterocycles. The van der Waals surface area contributed by atoms with Crippen molar-refractivity contribution >= 4 is 12.4 Å². The number of rotatable bonds is 4. The molecule has 22 heavy (non-hydrogen) atoms. The van der Waals surface area contributed by atoms with E-state index in [4.69, 9.17) is 0 Å². The Kier molecular flexibility index (Phi) is 7.13. The van der Waals surface area contributed by atoms with E-state index in [0.717, 1.165) is 24.9 Å². The van der Waals surface area contributed by atoms with E-state index < -0.39 is 0 Å². The lowest BCUT2D eigenvalue weighted by Gasteiger charge is -2.37. The molecule has 0 aromatic carbocycles. The minimum atomic E-state index is 0. The number of halogens is 1. The van der Waals surface area contributed by atoms with Crippen LogP contribution in [0.15, 0.2) is 24.5 Å². The summed E-state index contributed by atoms with van der Waals surface area (Å²) in [6.45, 7) is 7.03. The van der Waals surface area contributed by atoms with Gasteiger partial charge in [0.05, 0.1) is 0 Å². The van der Waals surface area contributed by atoms with Gasteiger partial charge in [-0.3, -0.25) is 9.88 Å². The first-order chi connectivity index (χ1) is 10.3. The highest BCUT2D eigenvalue weighted by Gasteiger charge is 2.25. The van der Waals surface area contributed by atoms with E-state index in [2.05, 4.69) is 34.3 Å². The van der Waals surface area contributed by atoms with Crippen LogP contribution in [-0.2, 0) is 0 Å². The maximum atomic E-state index is 4.30. The summed E-state index contributed by atoms with van der Waals surface area (Å²) < 4.78 is 0. The van der Waals surface area contributed by atoms with Crippen LogP contribution in [0.1, 0.15) is 50.6 Å². The number of pyridine rings is 1. The summed E-state index contributed by atoms with van der Waals surface area (Å²) >= 11 is 0. The molecule has 0 spiro atoms. The van der Waals surface area contributed by atoms with E-state index in [0.29, 0.717) is 6.04 Å². The lowest BCUT2D eigenvalue weighted by Crippen LogP contribution is -2.46. The summed E-state index contributed by atoms with van der Waals surface area (Å²) in [4.78, 5) is 6.97. The summed E-state index contributed by atoms with van der Waals surface area (Å²) in [7, 11) is 0. The maximum Gasteiger partial charge on any atom is 0.0488 e. The van der Waals surface area contributed by atoms with Gasteiger partial charge in [0, 0.05) is 38.1 Å². The van der Waals surface area contributed by atoms with Crippen molar-refractivity contribution in [3.05, 3.63) is 30.1 Å². The van der Waals surface area contributed by atoms with Crippen LogP contribution in [0.5, 0.6) is 0 Å². The fourth-order valence-corrected chi connectivity index (χ4v) is 4.09. The number of hydrogen-bond donors (Lipinski definition) is 1. The number of aromatic nitrogens is 1. The molecule has 3 unspecified atom stereocenters. The molecule has 0 amide bonds. The van der Waals surface area contributed by atoms with Crippen molar-refractivity contribution in [2.45, 2.75) is 45.1 Å². The Bertz CT molecular complexity index is 426. The Morgan fingerprint density at radius 2 is 2.27 bits per heavy atom. The van der Waals surface area contributed by atoms with Crippen LogP contribution in [0.2, 0.25) is 0 Å². The first kappa shape index (κ1) is 17.7. The predicted molar refractivity (Wildman–Crippen MR) is 94.4 cm³/mol. The number of nitrogens with one attached hydrogen (secondary N) is 1. The van der Waals surface area contributed by atoms with Gasteiger partial charge < -0.3 is 5.32 Å². The van der Waals surface area contributed by atoms with Crippen molar-refractivity contribution < 1.29 is 0 Å². The van der Waals surface area contributed by atoms with Crippen molar-refractivity contribution in [3.63, 3.8) is 0 Å². The molecule has 1 aromatic heterocycles. The van der Waals surface area contributed by atoms with E-state index in [1.54, 1.807) is 0 Å². The van der Waals surface area contributed by atoms with Gasteiger partial charge in [-0.15, -0.1) is 12.4 Å². The average molecular weight is 324 g/mol. The Balaban J connectivity index is 0.00000176. The molecule has 2 aliphatic rings. The first-order valence-corrected chi connectivity index (χ1v) is 8.67. The first-order valence-electron chi connectivity index (χ1n) is 8.67. The molecule has 1 aliphatic heterocycles. The van der Waals surface area contributed by atoms with Crippen molar-refractivity contribution in [1.29, 1.82) is 0 Å². The maximum absolute atomic E-state index is 4.30. The van der Waals surface area contributed by atoms with E-state index in [1.807, 2.05) is 12.4 Å². The fraction of sp³-hybridized carbons (Fsp3) is 0.722. The topological polar surface area (TPSA) is 28.2 Å².